The molecule has 1 amide bonds. The first kappa shape index (κ1) is 23.3. The maximum atomic E-state index is 12.8. The molecule has 0 atom stereocenters. The number of anilines is 1. The van der Waals surface area contributed by atoms with Gasteiger partial charge in [-0.2, -0.15) is 0 Å². The maximum Gasteiger partial charge on any atom is 0.248 e. The van der Waals surface area contributed by atoms with E-state index in [4.69, 9.17) is 30.2 Å². The molecule has 3 aromatic carbocycles. The van der Waals surface area contributed by atoms with E-state index in [0.29, 0.717) is 27.8 Å². The molecule has 0 aliphatic carbocycles. The summed E-state index contributed by atoms with van der Waals surface area (Å²) in [5.41, 5.74) is 4.60. The van der Waals surface area contributed by atoms with Crippen molar-refractivity contribution >= 4 is 39.7 Å². The topological polar surface area (TPSA) is 69.9 Å². The normalized spacial score (nSPS) is 11.4. The lowest BCUT2D eigenvalue weighted by molar-refractivity contribution is -0.111. The number of furan rings is 1. The Morgan fingerprint density at radius 3 is 2.35 bits per heavy atom. The molecule has 1 heterocycles. The molecule has 0 saturated heterocycles. The fourth-order valence-electron chi connectivity index (χ4n) is 3.75. The number of allylic oxidation sites excluding steroid dienone is 1. The van der Waals surface area contributed by atoms with Crippen molar-refractivity contribution in [2.45, 2.75) is 6.92 Å². The molecular weight excluding hydrogens is 454 g/mol. The zero-order valence-corrected chi connectivity index (χ0v) is 20.0. The number of rotatable bonds is 7. The number of halogens is 1. The molecule has 0 bridgehead atoms. The van der Waals surface area contributed by atoms with E-state index in [-0.39, 0.29) is 5.91 Å². The van der Waals surface area contributed by atoms with Gasteiger partial charge in [-0.3, -0.25) is 4.79 Å². The van der Waals surface area contributed by atoms with Gasteiger partial charge in [0.1, 0.15) is 22.8 Å². The molecule has 0 saturated carbocycles. The van der Waals surface area contributed by atoms with Crippen LogP contribution in [0.15, 0.2) is 71.4 Å². The van der Waals surface area contributed by atoms with Crippen LogP contribution in [0, 0.1) is 0 Å². The summed E-state index contributed by atoms with van der Waals surface area (Å²) in [5, 5.41) is 4.23. The molecule has 0 unspecified atom stereocenters. The molecule has 7 heteroatoms. The molecular formula is C27H24ClNO5. The summed E-state index contributed by atoms with van der Waals surface area (Å²) in [4.78, 5) is 12.8. The van der Waals surface area contributed by atoms with E-state index in [2.05, 4.69) is 5.32 Å². The highest BCUT2D eigenvalue weighted by Crippen LogP contribution is 2.38. The molecule has 0 aliphatic rings. The Morgan fingerprint density at radius 2 is 1.68 bits per heavy atom. The van der Waals surface area contributed by atoms with Crippen molar-refractivity contribution < 1.29 is 23.4 Å². The standard InChI is InChI=1S/C27H24ClNO5/c1-16(11-27(30)29-23-12-18(28)7-10-24(23)32-3)20-13-21-22(15-34-26(21)14-25(20)33-4)17-5-8-19(31-2)9-6-17/h5-15H,1-4H3,(H,29,30)/b16-11+. The smallest absolute Gasteiger partial charge is 0.248 e. The molecule has 0 aliphatic heterocycles. The average Bonchev–Trinajstić information content (AvgIpc) is 3.26. The number of hydrogen-bond donors (Lipinski definition) is 1. The minimum atomic E-state index is -0.317. The van der Waals surface area contributed by atoms with Crippen molar-refractivity contribution in [3.63, 3.8) is 0 Å². The fraction of sp³-hybridized carbons (Fsp3) is 0.148. The predicted octanol–water partition coefficient (Wildman–Crippen LogP) is 6.82. The first-order chi connectivity index (χ1) is 16.4. The summed E-state index contributed by atoms with van der Waals surface area (Å²) in [6.07, 6.45) is 3.23. The van der Waals surface area contributed by atoms with Crippen molar-refractivity contribution in [1.82, 2.24) is 0 Å². The number of fused-ring (bicyclic) bond motifs is 1. The summed E-state index contributed by atoms with van der Waals surface area (Å²) in [6, 6.07) is 16.6. The largest absolute Gasteiger partial charge is 0.497 e. The molecule has 1 N–H and O–H groups in total. The third-order valence-corrected chi connectivity index (χ3v) is 5.72. The molecule has 1 aromatic heterocycles. The molecule has 34 heavy (non-hydrogen) atoms. The van der Waals surface area contributed by atoms with Crippen LogP contribution in [0.3, 0.4) is 0 Å². The quantitative estimate of drug-likeness (QED) is 0.296. The number of amides is 1. The molecule has 174 valence electrons. The monoisotopic (exact) mass is 477 g/mol. The maximum absolute atomic E-state index is 12.8. The van der Waals surface area contributed by atoms with E-state index >= 15 is 0 Å². The lowest BCUT2D eigenvalue weighted by Gasteiger charge is -2.11. The van der Waals surface area contributed by atoms with E-state index < -0.39 is 0 Å². The number of hydrogen-bond acceptors (Lipinski definition) is 5. The molecule has 0 fully saturated rings. The van der Waals surface area contributed by atoms with Gasteiger partial charge in [0.2, 0.25) is 5.91 Å². The summed E-state index contributed by atoms with van der Waals surface area (Å²) >= 11 is 6.07. The molecule has 4 aromatic rings. The van der Waals surface area contributed by atoms with Crippen LogP contribution >= 0.6 is 11.6 Å². The highest BCUT2D eigenvalue weighted by atomic mass is 35.5. The fourth-order valence-corrected chi connectivity index (χ4v) is 3.92. The van der Waals surface area contributed by atoms with E-state index in [1.165, 1.54) is 13.2 Å². The number of benzene rings is 3. The third kappa shape index (κ3) is 4.72. The van der Waals surface area contributed by atoms with E-state index in [0.717, 1.165) is 33.4 Å². The number of methoxy groups -OCH3 is 3. The zero-order valence-electron chi connectivity index (χ0n) is 19.3. The number of ether oxygens (including phenoxy) is 3. The first-order valence-corrected chi connectivity index (χ1v) is 10.9. The van der Waals surface area contributed by atoms with Gasteiger partial charge in [0, 0.05) is 33.7 Å². The van der Waals surface area contributed by atoms with Crippen molar-refractivity contribution in [3.05, 3.63) is 77.5 Å². The minimum Gasteiger partial charge on any atom is -0.497 e. The van der Waals surface area contributed by atoms with Crippen LogP contribution in [0.25, 0.3) is 27.7 Å². The second-order valence-electron chi connectivity index (χ2n) is 7.59. The van der Waals surface area contributed by atoms with Crippen LogP contribution in [0.2, 0.25) is 5.02 Å². The average molecular weight is 478 g/mol. The number of nitrogens with one attached hydrogen (secondary N) is 1. The number of carbonyl (C=O) groups excluding carboxylic acids is 1. The Labute approximate surface area is 202 Å². The summed E-state index contributed by atoms with van der Waals surface area (Å²) < 4.78 is 21.9. The van der Waals surface area contributed by atoms with E-state index in [1.54, 1.807) is 38.7 Å². The first-order valence-electron chi connectivity index (χ1n) is 10.5. The summed E-state index contributed by atoms with van der Waals surface area (Å²) in [5.74, 6) is 1.58. The van der Waals surface area contributed by atoms with Crippen LogP contribution in [-0.2, 0) is 4.79 Å². The van der Waals surface area contributed by atoms with Gasteiger partial charge in [-0.1, -0.05) is 23.7 Å². The number of carbonyl (C=O) groups is 1. The molecule has 4 rings (SSSR count). The van der Waals surface area contributed by atoms with Crippen molar-refractivity contribution in [2.24, 2.45) is 0 Å². The van der Waals surface area contributed by atoms with E-state index in [1.807, 2.05) is 43.3 Å². The van der Waals surface area contributed by atoms with E-state index in [9.17, 15) is 4.79 Å². The lowest BCUT2D eigenvalue weighted by atomic mass is 9.99. The highest BCUT2D eigenvalue weighted by Gasteiger charge is 2.15. The third-order valence-electron chi connectivity index (χ3n) is 5.49. The van der Waals surface area contributed by atoms with Gasteiger partial charge in [-0.15, -0.1) is 0 Å². The minimum absolute atomic E-state index is 0.317. The van der Waals surface area contributed by atoms with Gasteiger partial charge >= 0.3 is 0 Å². The van der Waals surface area contributed by atoms with Crippen LogP contribution in [-0.4, -0.2) is 27.2 Å². The van der Waals surface area contributed by atoms with Gasteiger partial charge < -0.3 is 23.9 Å². The van der Waals surface area contributed by atoms with Gasteiger partial charge in [-0.05, 0) is 54.5 Å². The molecule has 6 nitrogen and oxygen atoms in total. The van der Waals surface area contributed by atoms with Crippen molar-refractivity contribution in [3.8, 4) is 28.4 Å². The van der Waals surface area contributed by atoms with Crippen LogP contribution in [0.1, 0.15) is 12.5 Å². The highest BCUT2D eigenvalue weighted by molar-refractivity contribution is 6.31. The van der Waals surface area contributed by atoms with Crippen molar-refractivity contribution in [2.75, 3.05) is 26.6 Å². The SMILES string of the molecule is COc1ccc(-c2coc3cc(OC)c(/C(C)=C/C(=O)Nc4cc(Cl)ccc4OC)cc23)cc1. The Kier molecular flexibility index (Phi) is 6.80. The Morgan fingerprint density at radius 1 is 0.941 bits per heavy atom. The molecule has 0 radical (unpaired) electrons. The lowest BCUT2D eigenvalue weighted by Crippen LogP contribution is -2.09. The Hall–Kier alpha value is -3.90. The molecule has 0 spiro atoms. The van der Waals surface area contributed by atoms with Gasteiger partial charge in [0.05, 0.1) is 33.3 Å². The Balaban J connectivity index is 1.70. The predicted molar refractivity (Wildman–Crippen MR) is 135 cm³/mol. The van der Waals surface area contributed by atoms with Crippen molar-refractivity contribution in [1.29, 1.82) is 0 Å². The van der Waals surface area contributed by atoms with Crippen LogP contribution < -0.4 is 19.5 Å². The second-order valence-corrected chi connectivity index (χ2v) is 8.02. The van der Waals surface area contributed by atoms with Gasteiger partial charge in [0.15, 0.2) is 0 Å². The zero-order chi connectivity index (χ0) is 24.2. The van der Waals surface area contributed by atoms with Gasteiger partial charge in [-0.25, -0.2) is 0 Å². The van der Waals surface area contributed by atoms with Crippen LogP contribution in [0.5, 0.6) is 17.2 Å². The van der Waals surface area contributed by atoms with Gasteiger partial charge in [0.25, 0.3) is 0 Å². The summed E-state index contributed by atoms with van der Waals surface area (Å²) in [6.45, 7) is 1.85. The summed E-state index contributed by atoms with van der Waals surface area (Å²) in [7, 11) is 4.75. The second kappa shape index (κ2) is 9.93. The Bertz CT molecular complexity index is 1370. The van der Waals surface area contributed by atoms with Crippen LogP contribution in [0.4, 0.5) is 5.69 Å².